The van der Waals surface area contributed by atoms with Crippen LogP contribution in [0.3, 0.4) is 0 Å². The number of rotatable bonds is 3. The van der Waals surface area contributed by atoms with Gasteiger partial charge in [0.15, 0.2) is 0 Å². The fraction of sp³-hybridized carbons (Fsp3) is 0.846. The highest BCUT2D eigenvalue weighted by Crippen LogP contribution is 2.62. The number of aliphatic carboxylic acids is 1. The van der Waals surface area contributed by atoms with Gasteiger partial charge in [-0.3, -0.25) is 9.59 Å². The van der Waals surface area contributed by atoms with Crippen molar-refractivity contribution in [1.29, 1.82) is 0 Å². The second kappa shape index (κ2) is 4.00. The highest BCUT2D eigenvalue weighted by molar-refractivity contribution is 5.86. The molecule has 2 N–H and O–H groups in total. The third kappa shape index (κ3) is 1.65. The lowest BCUT2D eigenvalue weighted by atomic mass is 9.59. The molecule has 1 aliphatic rings. The minimum atomic E-state index is -0.840. The van der Waals surface area contributed by atoms with Crippen molar-refractivity contribution in [2.24, 2.45) is 16.2 Å². The van der Waals surface area contributed by atoms with Crippen molar-refractivity contribution in [3.63, 3.8) is 0 Å². The zero-order valence-electron chi connectivity index (χ0n) is 11.4. The Morgan fingerprint density at radius 3 is 1.94 bits per heavy atom. The molecular weight excluding hydrogens is 218 g/mol. The fourth-order valence-corrected chi connectivity index (χ4v) is 2.86. The Labute approximate surface area is 103 Å². The van der Waals surface area contributed by atoms with Crippen molar-refractivity contribution in [3.8, 4) is 0 Å². The van der Waals surface area contributed by atoms with Gasteiger partial charge in [0.05, 0.1) is 10.8 Å². The maximum absolute atomic E-state index is 12.2. The van der Waals surface area contributed by atoms with Crippen LogP contribution in [0.1, 0.15) is 47.5 Å². The summed E-state index contributed by atoms with van der Waals surface area (Å²) in [5.41, 5.74) is -2.02. The van der Waals surface area contributed by atoms with Crippen molar-refractivity contribution in [3.05, 3.63) is 0 Å². The van der Waals surface area contributed by atoms with Gasteiger partial charge in [0.2, 0.25) is 5.91 Å². The monoisotopic (exact) mass is 241 g/mol. The molecule has 2 unspecified atom stereocenters. The van der Waals surface area contributed by atoms with E-state index < -0.39 is 22.2 Å². The van der Waals surface area contributed by atoms with Crippen LogP contribution in [0.2, 0.25) is 0 Å². The van der Waals surface area contributed by atoms with Crippen molar-refractivity contribution < 1.29 is 14.7 Å². The third-order valence-corrected chi connectivity index (χ3v) is 5.19. The van der Waals surface area contributed by atoms with Gasteiger partial charge in [0, 0.05) is 6.54 Å². The lowest BCUT2D eigenvalue weighted by Gasteiger charge is -2.44. The molecule has 0 spiro atoms. The Hall–Kier alpha value is -1.06. The molecule has 4 nitrogen and oxygen atoms in total. The van der Waals surface area contributed by atoms with Gasteiger partial charge in [-0.05, 0) is 32.1 Å². The van der Waals surface area contributed by atoms with Crippen LogP contribution in [0.25, 0.3) is 0 Å². The summed E-state index contributed by atoms with van der Waals surface area (Å²) in [4.78, 5) is 23.7. The molecule has 0 aliphatic heterocycles. The van der Waals surface area contributed by atoms with E-state index in [0.717, 1.165) is 0 Å². The SMILES string of the molecule is CCNC(=O)C1(C)CCC(C)(C(=O)O)C1(C)C. The minimum absolute atomic E-state index is 0.0324. The largest absolute Gasteiger partial charge is 0.481 e. The Kier molecular flexibility index (Phi) is 3.29. The Morgan fingerprint density at radius 2 is 1.59 bits per heavy atom. The third-order valence-electron chi connectivity index (χ3n) is 5.19. The molecule has 1 saturated carbocycles. The van der Waals surface area contributed by atoms with E-state index in [1.165, 1.54) is 0 Å². The molecule has 98 valence electrons. The fourth-order valence-electron chi connectivity index (χ4n) is 2.86. The maximum atomic E-state index is 12.2. The van der Waals surface area contributed by atoms with E-state index >= 15 is 0 Å². The molecule has 1 rings (SSSR count). The number of hydrogen-bond donors (Lipinski definition) is 2. The smallest absolute Gasteiger partial charge is 0.309 e. The molecule has 0 aromatic carbocycles. The average molecular weight is 241 g/mol. The summed E-state index contributed by atoms with van der Waals surface area (Å²) in [7, 11) is 0. The van der Waals surface area contributed by atoms with Crippen LogP contribution in [0.4, 0.5) is 0 Å². The number of carbonyl (C=O) groups is 2. The number of amides is 1. The molecule has 1 aliphatic carbocycles. The van der Waals surface area contributed by atoms with Gasteiger partial charge < -0.3 is 10.4 Å². The van der Waals surface area contributed by atoms with Crippen LogP contribution >= 0.6 is 0 Å². The molecule has 4 heteroatoms. The summed E-state index contributed by atoms with van der Waals surface area (Å²) >= 11 is 0. The molecule has 0 saturated heterocycles. The van der Waals surface area contributed by atoms with Crippen LogP contribution < -0.4 is 5.32 Å². The first kappa shape index (κ1) is 14.0. The normalized spacial score (nSPS) is 35.6. The van der Waals surface area contributed by atoms with Crippen LogP contribution in [0.5, 0.6) is 0 Å². The summed E-state index contributed by atoms with van der Waals surface area (Å²) in [6.45, 7) is 9.87. The lowest BCUT2D eigenvalue weighted by Crippen LogP contribution is -2.51. The summed E-state index contributed by atoms with van der Waals surface area (Å²) in [5, 5.41) is 12.2. The van der Waals surface area contributed by atoms with Crippen LogP contribution in [0.15, 0.2) is 0 Å². The summed E-state index contributed by atoms with van der Waals surface area (Å²) in [5.74, 6) is -0.842. The molecule has 17 heavy (non-hydrogen) atoms. The van der Waals surface area contributed by atoms with Gasteiger partial charge in [0.1, 0.15) is 0 Å². The number of carboxylic acid groups (broad SMARTS) is 1. The molecule has 2 atom stereocenters. The Balaban J connectivity index is 3.16. The molecule has 0 heterocycles. The van der Waals surface area contributed by atoms with Gasteiger partial charge >= 0.3 is 5.97 Å². The van der Waals surface area contributed by atoms with Gasteiger partial charge in [-0.25, -0.2) is 0 Å². The van der Waals surface area contributed by atoms with Gasteiger partial charge in [-0.15, -0.1) is 0 Å². The first-order valence-corrected chi connectivity index (χ1v) is 6.15. The quantitative estimate of drug-likeness (QED) is 0.794. The number of carboxylic acids is 1. The van der Waals surface area contributed by atoms with Crippen molar-refractivity contribution in [1.82, 2.24) is 5.32 Å². The van der Waals surface area contributed by atoms with Crippen LogP contribution in [-0.2, 0) is 9.59 Å². The second-order valence-electron chi connectivity index (χ2n) is 5.95. The number of hydrogen-bond acceptors (Lipinski definition) is 2. The van der Waals surface area contributed by atoms with Crippen molar-refractivity contribution >= 4 is 11.9 Å². The molecule has 0 aromatic heterocycles. The standard InChI is InChI=1S/C13H23NO3/c1-6-14-9(15)12(4)7-8-13(5,10(16)17)11(12,2)3/h6-8H2,1-5H3,(H,14,15)(H,16,17). The summed E-state index contributed by atoms with van der Waals surface area (Å²) < 4.78 is 0. The lowest BCUT2D eigenvalue weighted by molar-refractivity contribution is -0.158. The first-order chi connectivity index (χ1) is 7.63. The highest BCUT2D eigenvalue weighted by atomic mass is 16.4. The second-order valence-corrected chi connectivity index (χ2v) is 5.95. The molecule has 0 bridgehead atoms. The zero-order chi connectivity index (χ0) is 13.5. The van der Waals surface area contributed by atoms with E-state index in [1.807, 2.05) is 27.7 Å². The molecular formula is C13H23NO3. The number of carbonyl (C=O) groups excluding carboxylic acids is 1. The molecule has 0 aromatic rings. The van der Waals surface area contributed by atoms with E-state index in [1.54, 1.807) is 6.92 Å². The van der Waals surface area contributed by atoms with E-state index in [9.17, 15) is 14.7 Å². The maximum Gasteiger partial charge on any atom is 0.309 e. The van der Waals surface area contributed by atoms with E-state index in [0.29, 0.717) is 19.4 Å². The Bertz CT molecular complexity index is 351. The minimum Gasteiger partial charge on any atom is -0.481 e. The molecule has 1 fully saturated rings. The Morgan fingerprint density at radius 1 is 1.12 bits per heavy atom. The number of nitrogens with one attached hydrogen (secondary N) is 1. The van der Waals surface area contributed by atoms with Gasteiger partial charge in [-0.2, -0.15) is 0 Å². The van der Waals surface area contributed by atoms with Crippen molar-refractivity contribution in [2.45, 2.75) is 47.5 Å². The molecule has 1 amide bonds. The highest BCUT2D eigenvalue weighted by Gasteiger charge is 2.64. The average Bonchev–Trinajstić information content (AvgIpc) is 2.42. The van der Waals surface area contributed by atoms with Gasteiger partial charge in [0.25, 0.3) is 0 Å². The first-order valence-electron chi connectivity index (χ1n) is 6.15. The van der Waals surface area contributed by atoms with Crippen LogP contribution in [-0.4, -0.2) is 23.5 Å². The van der Waals surface area contributed by atoms with E-state index in [2.05, 4.69) is 5.32 Å². The van der Waals surface area contributed by atoms with Crippen LogP contribution in [0, 0.1) is 16.2 Å². The van der Waals surface area contributed by atoms with E-state index in [4.69, 9.17) is 0 Å². The van der Waals surface area contributed by atoms with Gasteiger partial charge in [-0.1, -0.05) is 20.8 Å². The molecule has 0 radical (unpaired) electrons. The zero-order valence-corrected chi connectivity index (χ0v) is 11.4. The summed E-state index contributed by atoms with van der Waals surface area (Å²) in [6, 6.07) is 0. The summed E-state index contributed by atoms with van der Waals surface area (Å²) in [6.07, 6.45) is 1.16. The predicted molar refractivity (Wildman–Crippen MR) is 65.5 cm³/mol. The topological polar surface area (TPSA) is 66.4 Å². The van der Waals surface area contributed by atoms with E-state index in [-0.39, 0.29) is 5.91 Å². The predicted octanol–water partition coefficient (Wildman–Crippen LogP) is 2.04. The van der Waals surface area contributed by atoms with Crippen molar-refractivity contribution in [2.75, 3.05) is 6.54 Å².